The summed E-state index contributed by atoms with van der Waals surface area (Å²) in [5, 5.41) is 12.1. The van der Waals surface area contributed by atoms with E-state index >= 15 is 0 Å². The summed E-state index contributed by atoms with van der Waals surface area (Å²) in [7, 11) is 2.11. The zero-order chi connectivity index (χ0) is 15.1. The molecule has 0 bridgehead atoms. The lowest BCUT2D eigenvalue weighted by molar-refractivity contribution is -0.140. The topological polar surface area (TPSA) is 69.6 Å². The first-order valence-corrected chi connectivity index (χ1v) is 7.36. The molecule has 2 N–H and O–H groups in total. The molecule has 0 aromatic rings. The number of hydrogen-bond donors (Lipinski definition) is 2. The molecule has 1 aliphatic heterocycles. The number of hydrogen-bond acceptors (Lipinski definition) is 3. The fraction of sp³-hybridized carbons (Fsp3) is 0.867. The predicted octanol–water partition coefficient (Wildman–Crippen LogP) is 1.19. The first-order valence-electron chi connectivity index (χ1n) is 7.36. The lowest BCUT2D eigenvalue weighted by atomic mass is 9.80. The number of piperidine rings is 1. The second-order valence-electron chi connectivity index (χ2n) is 7.45. The maximum absolute atomic E-state index is 12.2. The third-order valence-corrected chi connectivity index (χ3v) is 5.26. The molecule has 5 nitrogen and oxygen atoms in total. The van der Waals surface area contributed by atoms with E-state index in [0.717, 1.165) is 25.9 Å². The van der Waals surface area contributed by atoms with Crippen LogP contribution in [0, 0.1) is 22.7 Å². The number of nitrogens with one attached hydrogen (secondary N) is 1. The lowest BCUT2D eigenvalue weighted by Gasteiger charge is -2.38. The van der Waals surface area contributed by atoms with Crippen molar-refractivity contribution in [2.24, 2.45) is 22.7 Å². The molecule has 0 radical (unpaired) electrons. The highest BCUT2D eigenvalue weighted by atomic mass is 16.4. The van der Waals surface area contributed by atoms with E-state index in [4.69, 9.17) is 5.11 Å². The number of likely N-dealkylation sites (tertiary alicyclic amines) is 1. The van der Waals surface area contributed by atoms with Gasteiger partial charge in [0, 0.05) is 6.54 Å². The van der Waals surface area contributed by atoms with Gasteiger partial charge < -0.3 is 15.3 Å². The SMILES string of the molecule is CN1CCC(C)(CNC(=O)[C@H]2[C@@H](C(=O)O)C2(C)C)CC1. The zero-order valence-electron chi connectivity index (χ0n) is 12.9. The number of carboxylic acid groups (broad SMARTS) is 1. The molecule has 5 heteroatoms. The minimum Gasteiger partial charge on any atom is -0.481 e. The van der Waals surface area contributed by atoms with Gasteiger partial charge in [-0.25, -0.2) is 0 Å². The Balaban J connectivity index is 1.86. The van der Waals surface area contributed by atoms with Crippen LogP contribution in [0.1, 0.15) is 33.6 Å². The number of carbonyl (C=O) groups is 2. The van der Waals surface area contributed by atoms with Crippen molar-refractivity contribution in [3.8, 4) is 0 Å². The monoisotopic (exact) mass is 282 g/mol. The highest BCUT2D eigenvalue weighted by Gasteiger charge is 2.65. The molecule has 2 rings (SSSR count). The average molecular weight is 282 g/mol. The van der Waals surface area contributed by atoms with E-state index in [0.29, 0.717) is 6.54 Å². The molecule has 0 spiro atoms. The van der Waals surface area contributed by atoms with Gasteiger partial charge in [-0.3, -0.25) is 9.59 Å². The van der Waals surface area contributed by atoms with Gasteiger partial charge in [0.25, 0.3) is 0 Å². The van der Waals surface area contributed by atoms with Crippen LogP contribution in [0.2, 0.25) is 0 Å². The Bertz CT molecular complexity index is 411. The fourth-order valence-corrected chi connectivity index (χ4v) is 3.33. The number of carboxylic acids is 1. The summed E-state index contributed by atoms with van der Waals surface area (Å²) >= 11 is 0. The van der Waals surface area contributed by atoms with Crippen LogP contribution in [0.3, 0.4) is 0 Å². The maximum Gasteiger partial charge on any atom is 0.307 e. The number of amides is 1. The summed E-state index contributed by atoms with van der Waals surface area (Å²) in [4.78, 5) is 25.6. The molecular weight excluding hydrogens is 256 g/mol. The Morgan fingerprint density at radius 1 is 1.20 bits per heavy atom. The third kappa shape index (κ3) is 2.82. The minimum absolute atomic E-state index is 0.0949. The maximum atomic E-state index is 12.2. The van der Waals surface area contributed by atoms with Gasteiger partial charge >= 0.3 is 5.97 Å². The van der Waals surface area contributed by atoms with Crippen LogP contribution < -0.4 is 5.32 Å². The van der Waals surface area contributed by atoms with Gasteiger partial charge in [0.15, 0.2) is 0 Å². The second-order valence-corrected chi connectivity index (χ2v) is 7.45. The van der Waals surface area contributed by atoms with Crippen LogP contribution in [0.15, 0.2) is 0 Å². The molecule has 2 atom stereocenters. The molecule has 114 valence electrons. The van der Waals surface area contributed by atoms with E-state index in [1.165, 1.54) is 0 Å². The lowest BCUT2D eigenvalue weighted by Crippen LogP contribution is -2.44. The fourth-order valence-electron chi connectivity index (χ4n) is 3.33. The summed E-state index contributed by atoms with van der Waals surface area (Å²) in [5.41, 5.74) is -0.274. The summed E-state index contributed by atoms with van der Waals surface area (Å²) in [5.74, 6) is -1.87. The van der Waals surface area contributed by atoms with E-state index in [1.807, 2.05) is 13.8 Å². The van der Waals surface area contributed by atoms with Crippen LogP contribution in [0.4, 0.5) is 0 Å². The number of rotatable bonds is 4. The van der Waals surface area contributed by atoms with Crippen molar-refractivity contribution >= 4 is 11.9 Å². The highest BCUT2D eigenvalue weighted by molar-refractivity contribution is 5.91. The van der Waals surface area contributed by atoms with Crippen molar-refractivity contribution in [1.82, 2.24) is 10.2 Å². The first kappa shape index (κ1) is 15.3. The van der Waals surface area contributed by atoms with Crippen molar-refractivity contribution in [3.05, 3.63) is 0 Å². The van der Waals surface area contributed by atoms with E-state index in [2.05, 4.69) is 24.2 Å². The predicted molar refractivity (Wildman–Crippen MR) is 76.2 cm³/mol. The Kier molecular flexibility index (Phi) is 3.84. The number of aliphatic carboxylic acids is 1. The van der Waals surface area contributed by atoms with Crippen LogP contribution >= 0.6 is 0 Å². The summed E-state index contributed by atoms with van der Waals surface area (Å²) in [6, 6.07) is 0. The van der Waals surface area contributed by atoms with Crippen molar-refractivity contribution in [1.29, 1.82) is 0 Å². The molecule has 20 heavy (non-hydrogen) atoms. The van der Waals surface area contributed by atoms with Gasteiger partial charge in [-0.05, 0) is 43.8 Å². The zero-order valence-corrected chi connectivity index (χ0v) is 12.9. The molecule has 0 unspecified atom stereocenters. The normalized spacial score (nSPS) is 31.6. The van der Waals surface area contributed by atoms with Crippen LogP contribution in [-0.4, -0.2) is 48.6 Å². The number of carbonyl (C=O) groups excluding carboxylic acids is 1. The third-order valence-electron chi connectivity index (χ3n) is 5.26. The van der Waals surface area contributed by atoms with E-state index < -0.39 is 17.3 Å². The Morgan fingerprint density at radius 3 is 2.20 bits per heavy atom. The standard InChI is InChI=1S/C15H26N2O3/c1-14(2)10(11(14)13(19)20)12(18)16-9-15(3)5-7-17(4)8-6-15/h10-11H,5-9H2,1-4H3,(H,16,18)(H,19,20)/t10-,11+/m1/s1. The van der Waals surface area contributed by atoms with E-state index in [9.17, 15) is 9.59 Å². The highest BCUT2D eigenvalue weighted by Crippen LogP contribution is 2.58. The minimum atomic E-state index is -0.861. The summed E-state index contributed by atoms with van der Waals surface area (Å²) < 4.78 is 0. The van der Waals surface area contributed by atoms with Crippen LogP contribution in [-0.2, 0) is 9.59 Å². The second kappa shape index (κ2) is 5.02. The molecule has 0 aromatic carbocycles. The Morgan fingerprint density at radius 2 is 1.75 bits per heavy atom. The van der Waals surface area contributed by atoms with Gasteiger partial charge in [0.05, 0.1) is 11.8 Å². The van der Waals surface area contributed by atoms with E-state index in [-0.39, 0.29) is 17.2 Å². The van der Waals surface area contributed by atoms with Crippen molar-refractivity contribution in [3.63, 3.8) is 0 Å². The van der Waals surface area contributed by atoms with Crippen LogP contribution in [0.5, 0.6) is 0 Å². The van der Waals surface area contributed by atoms with Gasteiger partial charge in [-0.2, -0.15) is 0 Å². The smallest absolute Gasteiger partial charge is 0.307 e. The Labute approximate surface area is 120 Å². The molecule has 1 heterocycles. The quantitative estimate of drug-likeness (QED) is 0.812. The number of nitrogens with zero attached hydrogens (tertiary/aromatic N) is 1. The van der Waals surface area contributed by atoms with Crippen LogP contribution in [0.25, 0.3) is 0 Å². The summed E-state index contributed by atoms with van der Waals surface area (Å²) in [6.07, 6.45) is 2.14. The Hall–Kier alpha value is -1.10. The molecule has 2 fully saturated rings. The molecule has 1 aliphatic carbocycles. The molecule has 1 amide bonds. The molecule has 0 aromatic heterocycles. The van der Waals surface area contributed by atoms with Crippen molar-refractivity contribution in [2.45, 2.75) is 33.6 Å². The molecule has 1 saturated carbocycles. The first-order chi connectivity index (χ1) is 9.17. The average Bonchev–Trinajstić information content (AvgIpc) is 2.94. The van der Waals surface area contributed by atoms with Gasteiger partial charge in [0.1, 0.15) is 0 Å². The van der Waals surface area contributed by atoms with Gasteiger partial charge in [-0.1, -0.05) is 20.8 Å². The molecule has 1 saturated heterocycles. The van der Waals surface area contributed by atoms with Crippen molar-refractivity contribution < 1.29 is 14.7 Å². The molecule has 2 aliphatic rings. The largest absolute Gasteiger partial charge is 0.481 e. The van der Waals surface area contributed by atoms with Crippen molar-refractivity contribution in [2.75, 3.05) is 26.7 Å². The van der Waals surface area contributed by atoms with Gasteiger partial charge in [-0.15, -0.1) is 0 Å². The van der Waals surface area contributed by atoms with Gasteiger partial charge in [0.2, 0.25) is 5.91 Å². The summed E-state index contributed by atoms with van der Waals surface area (Å²) in [6.45, 7) is 8.67. The molecular formula is C15H26N2O3. The van der Waals surface area contributed by atoms with E-state index in [1.54, 1.807) is 0 Å².